The van der Waals surface area contributed by atoms with E-state index in [0.717, 1.165) is 54.1 Å². The fourth-order valence-electron chi connectivity index (χ4n) is 5.21. The van der Waals surface area contributed by atoms with E-state index in [2.05, 4.69) is 26.4 Å². The van der Waals surface area contributed by atoms with Gasteiger partial charge in [0.15, 0.2) is 0 Å². The topological polar surface area (TPSA) is 118 Å². The molecule has 0 spiro atoms. The van der Waals surface area contributed by atoms with Crippen LogP contribution in [-0.4, -0.2) is 63.9 Å². The molecule has 1 unspecified atom stereocenters. The number of piperidine rings is 1. The highest BCUT2D eigenvalue weighted by molar-refractivity contribution is 5.85. The minimum Gasteiger partial charge on any atom is -0.492 e. The number of hydrogen-bond donors (Lipinski definition) is 1. The summed E-state index contributed by atoms with van der Waals surface area (Å²) >= 11 is 0. The van der Waals surface area contributed by atoms with Gasteiger partial charge in [0.05, 0.1) is 30.1 Å². The monoisotopic (exact) mass is 539 g/mol. The Morgan fingerprint density at radius 3 is 2.67 bits per heavy atom. The molecule has 1 aliphatic rings. The molecular weight excluding hydrogens is 506 g/mol. The van der Waals surface area contributed by atoms with Crippen molar-refractivity contribution < 1.29 is 14.3 Å². The van der Waals surface area contributed by atoms with Crippen molar-refractivity contribution in [1.29, 1.82) is 5.26 Å². The Bertz CT molecular complexity index is 1500. The van der Waals surface area contributed by atoms with E-state index in [4.69, 9.17) is 14.5 Å². The first kappa shape index (κ1) is 27.1. The van der Waals surface area contributed by atoms with Gasteiger partial charge in [-0.3, -0.25) is 9.78 Å². The molecule has 0 bridgehead atoms. The highest BCUT2D eigenvalue weighted by Gasteiger charge is 2.38. The molecule has 1 aliphatic heterocycles. The van der Waals surface area contributed by atoms with Crippen LogP contribution in [0.4, 0.5) is 5.82 Å². The highest BCUT2D eigenvalue weighted by atomic mass is 16.5. The molecule has 10 heteroatoms. The Morgan fingerprint density at radius 1 is 1.20 bits per heavy atom. The van der Waals surface area contributed by atoms with E-state index < -0.39 is 11.6 Å². The lowest BCUT2D eigenvalue weighted by molar-refractivity contribution is -0.132. The van der Waals surface area contributed by atoms with Crippen LogP contribution in [0.2, 0.25) is 0 Å². The van der Waals surface area contributed by atoms with Gasteiger partial charge < -0.3 is 19.7 Å². The summed E-state index contributed by atoms with van der Waals surface area (Å²) in [7, 11) is 1.54. The number of nitriles is 1. The molecule has 4 aromatic rings. The third-order valence-corrected chi connectivity index (χ3v) is 7.48. The Balaban J connectivity index is 1.37. The van der Waals surface area contributed by atoms with Gasteiger partial charge in [0.2, 0.25) is 5.91 Å². The third kappa shape index (κ3) is 5.60. The van der Waals surface area contributed by atoms with E-state index in [9.17, 15) is 10.1 Å². The first-order chi connectivity index (χ1) is 19.4. The molecule has 206 valence electrons. The molecule has 0 aliphatic carbocycles. The quantitative estimate of drug-likeness (QED) is 0.341. The number of nitrogens with zero attached hydrogens (tertiary/aromatic N) is 6. The summed E-state index contributed by atoms with van der Waals surface area (Å²) in [4.78, 5) is 24.4. The van der Waals surface area contributed by atoms with E-state index >= 15 is 0 Å². The van der Waals surface area contributed by atoms with Crippen LogP contribution in [0.3, 0.4) is 0 Å². The van der Waals surface area contributed by atoms with Gasteiger partial charge in [0.25, 0.3) is 0 Å². The van der Waals surface area contributed by atoms with Gasteiger partial charge in [-0.05, 0) is 57.0 Å². The standard InChI is InChI=1S/C30H33N7O3/c1-4-40-25-15-26(28-23(17-31)19-34-37(28)20-25)22-8-9-27(33-18-22)36-13-10-30(11-14-36,35-29(38)21(2)39-3)16-24-7-5-6-12-32-24/h5-9,12,15,18-21H,4,10-11,13-14,16H2,1-3H3,(H,35,38). The smallest absolute Gasteiger partial charge is 0.249 e. The fraction of sp³-hybridized carbons (Fsp3) is 0.367. The number of rotatable bonds is 9. The van der Waals surface area contributed by atoms with Crippen molar-refractivity contribution in [2.24, 2.45) is 0 Å². The van der Waals surface area contributed by atoms with E-state index in [-0.39, 0.29) is 5.91 Å². The molecule has 1 fully saturated rings. The Morgan fingerprint density at radius 2 is 2.02 bits per heavy atom. The van der Waals surface area contributed by atoms with Crippen molar-refractivity contribution in [3.8, 4) is 22.9 Å². The molecule has 40 heavy (non-hydrogen) atoms. The molecule has 1 atom stereocenters. The predicted octanol–water partition coefficient (Wildman–Crippen LogP) is 3.79. The maximum Gasteiger partial charge on any atom is 0.249 e. The van der Waals surface area contributed by atoms with Gasteiger partial charge in [0.1, 0.15) is 23.7 Å². The number of fused-ring (bicyclic) bond motifs is 1. The number of methoxy groups -OCH3 is 1. The molecule has 4 aromatic heterocycles. The molecule has 10 nitrogen and oxygen atoms in total. The summed E-state index contributed by atoms with van der Waals surface area (Å²) in [5.41, 5.74) is 3.44. The van der Waals surface area contributed by atoms with Crippen molar-refractivity contribution in [3.05, 3.63) is 72.4 Å². The van der Waals surface area contributed by atoms with Crippen molar-refractivity contribution >= 4 is 17.2 Å². The average molecular weight is 540 g/mol. The van der Waals surface area contributed by atoms with Gasteiger partial charge in [-0.1, -0.05) is 6.07 Å². The number of carbonyl (C=O) groups excluding carboxylic acids is 1. The lowest BCUT2D eigenvalue weighted by Crippen LogP contribution is -2.58. The molecule has 0 radical (unpaired) electrons. The number of pyridine rings is 3. The Hall–Kier alpha value is -4.49. The number of ether oxygens (including phenoxy) is 2. The van der Waals surface area contributed by atoms with Gasteiger partial charge in [-0.2, -0.15) is 10.4 Å². The van der Waals surface area contributed by atoms with Crippen molar-refractivity contribution in [2.45, 2.75) is 44.8 Å². The maximum absolute atomic E-state index is 12.8. The zero-order valence-electron chi connectivity index (χ0n) is 23.0. The average Bonchev–Trinajstić information content (AvgIpc) is 3.40. The van der Waals surface area contributed by atoms with Crippen LogP contribution in [0, 0.1) is 11.3 Å². The third-order valence-electron chi connectivity index (χ3n) is 7.48. The normalized spacial score (nSPS) is 15.4. The molecule has 0 aromatic carbocycles. The molecule has 5 rings (SSSR count). The van der Waals surface area contributed by atoms with Crippen LogP contribution >= 0.6 is 0 Å². The first-order valence-corrected chi connectivity index (χ1v) is 13.5. The minimum absolute atomic E-state index is 0.119. The largest absolute Gasteiger partial charge is 0.492 e. The number of nitrogens with one attached hydrogen (secondary N) is 1. The predicted molar refractivity (Wildman–Crippen MR) is 151 cm³/mol. The number of amides is 1. The van der Waals surface area contributed by atoms with E-state index in [1.54, 1.807) is 37.1 Å². The maximum atomic E-state index is 12.8. The molecule has 1 amide bonds. The lowest BCUT2D eigenvalue weighted by atomic mass is 9.82. The van der Waals surface area contributed by atoms with Crippen LogP contribution < -0.4 is 15.0 Å². The number of carbonyl (C=O) groups is 1. The minimum atomic E-state index is -0.530. The van der Waals surface area contributed by atoms with Crippen molar-refractivity contribution in [3.63, 3.8) is 0 Å². The van der Waals surface area contributed by atoms with Crippen LogP contribution in [-0.2, 0) is 16.0 Å². The Kier molecular flexibility index (Phi) is 7.94. The molecule has 5 heterocycles. The van der Waals surface area contributed by atoms with E-state index in [1.807, 2.05) is 49.5 Å². The number of aromatic nitrogens is 4. The Labute approximate surface area is 233 Å². The van der Waals surface area contributed by atoms with Gasteiger partial charge in [-0.25, -0.2) is 9.50 Å². The fourth-order valence-corrected chi connectivity index (χ4v) is 5.21. The second kappa shape index (κ2) is 11.7. The second-order valence-corrected chi connectivity index (χ2v) is 10.0. The van der Waals surface area contributed by atoms with Gasteiger partial charge in [-0.15, -0.1) is 0 Å². The SMILES string of the molecule is CCOc1cc(-c2ccc(N3CCC(Cc4ccccn4)(NC(=O)C(C)OC)CC3)nc2)c2c(C#N)cnn2c1. The van der Waals surface area contributed by atoms with Gasteiger partial charge in [0, 0.05) is 61.4 Å². The second-order valence-electron chi connectivity index (χ2n) is 10.0. The zero-order valence-corrected chi connectivity index (χ0v) is 23.0. The van der Waals surface area contributed by atoms with Crippen LogP contribution in [0.5, 0.6) is 5.75 Å². The number of hydrogen-bond acceptors (Lipinski definition) is 8. The molecule has 1 saturated heterocycles. The van der Waals surface area contributed by atoms with Gasteiger partial charge >= 0.3 is 0 Å². The van der Waals surface area contributed by atoms with Crippen LogP contribution in [0.15, 0.2) is 61.2 Å². The molecule has 0 saturated carbocycles. The van der Waals surface area contributed by atoms with Crippen LogP contribution in [0.25, 0.3) is 16.6 Å². The summed E-state index contributed by atoms with van der Waals surface area (Å²) in [6.45, 7) is 5.66. The van der Waals surface area contributed by atoms with E-state index in [1.165, 1.54) is 0 Å². The summed E-state index contributed by atoms with van der Waals surface area (Å²) in [5, 5.41) is 17.2. The molecule has 1 N–H and O–H groups in total. The van der Waals surface area contributed by atoms with Crippen LogP contribution in [0.1, 0.15) is 37.9 Å². The van der Waals surface area contributed by atoms with Crippen molar-refractivity contribution in [1.82, 2.24) is 24.9 Å². The van der Waals surface area contributed by atoms with Crippen molar-refractivity contribution in [2.75, 3.05) is 31.7 Å². The highest BCUT2D eigenvalue weighted by Crippen LogP contribution is 2.33. The summed E-state index contributed by atoms with van der Waals surface area (Å²) in [6.07, 6.45) is 8.56. The van der Waals surface area contributed by atoms with E-state index in [0.29, 0.717) is 24.3 Å². The molecular formula is C30H33N7O3. The summed E-state index contributed by atoms with van der Waals surface area (Å²) in [6, 6.07) is 14.0. The summed E-state index contributed by atoms with van der Waals surface area (Å²) < 4.78 is 12.7. The first-order valence-electron chi connectivity index (χ1n) is 13.5. The summed E-state index contributed by atoms with van der Waals surface area (Å²) in [5.74, 6) is 1.41. The zero-order chi connectivity index (χ0) is 28.1. The number of anilines is 1. The lowest BCUT2D eigenvalue weighted by Gasteiger charge is -2.43.